The standard InChI is InChI=1S/C22H29B10N/c1-22(2,3)8-4-5-9(23)13(27)10(24)6-7-11(25)14(28)16(30)18(32)21(7)33(19(5)6)20(4)17(31)15(29)12(8)26/h23-32H2,1-3H3. The number of aromatic nitrogens is 1. The summed E-state index contributed by atoms with van der Waals surface area (Å²) in [6, 6.07) is 0. The summed E-state index contributed by atoms with van der Waals surface area (Å²) >= 11 is 0. The molecule has 0 aliphatic heterocycles. The average molecular weight is 416 g/mol. The van der Waals surface area contributed by atoms with Crippen molar-refractivity contribution in [3.05, 3.63) is 5.56 Å². The first kappa shape index (κ1) is 22.9. The fourth-order valence-corrected chi connectivity index (χ4v) is 6.79. The van der Waals surface area contributed by atoms with E-state index in [9.17, 15) is 0 Å². The second-order valence-corrected chi connectivity index (χ2v) is 11.8. The first-order valence-electron chi connectivity index (χ1n) is 12.4. The maximum atomic E-state index is 2.67. The lowest BCUT2D eigenvalue weighted by atomic mass is 9.62. The molecule has 0 saturated heterocycles. The van der Waals surface area contributed by atoms with Gasteiger partial charge in [0.2, 0.25) is 0 Å². The first-order valence-corrected chi connectivity index (χ1v) is 12.4. The van der Waals surface area contributed by atoms with Crippen molar-refractivity contribution in [3.8, 4) is 0 Å². The van der Waals surface area contributed by atoms with Crippen LogP contribution in [0.3, 0.4) is 0 Å². The molecule has 0 aliphatic rings. The Hall–Kier alpha value is -1.89. The van der Waals surface area contributed by atoms with Crippen LogP contribution in [0.25, 0.3) is 38.1 Å². The van der Waals surface area contributed by atoms with Crippen LogP contribution in [0.5, 0.6) is 0 Å². The van der Waals surface area contributed by atoms with Gasteiger partial charge in [-0.2, -0.15) is 0 Å². The molecule has 0 fully saturated rings. The van der Waals surface area contributed by atoms with E-state index in [1.165, 1.54) is 98.3 Å². The molecule has 33 heavy (non-hydrogen) atoms. The largest absolute Gasteiger partial charge is 0.309 e. The fraction of sp³-hybridized carbons (Fsp3) is 0.182. The molecule has 152 valence electrons. The van der Waals surface area contributed by atoms with E-state index in [0.29, 0.717) is 0 Å². The maximum absolute atomic E-state index is 2.67. The number of benzene rings is 3. The molecule has 11 heteroatoms. The zero-order valence-corrected chi connectivity index (χ0v) is 22.9. The van der Waals surface area contributed by atoms with Crippen LogP contribution in [0, 0.1) is 0 Å². The Bertz CT molecular complexity index is 1690. The van der Waals surface area contributed by atoms with E-state index < -0.39 is 0 Å². The second kappa shape index (κ2) is 6.83. The van der Waals surface area contributed by atoms with Gasteiger partial charge in [0.15, 0.2) is 0 Å². The monoisotopic (exact) mass is 417 g/mol. The molecule has 3 aromatic carbocycles. The molecule has 5 aromatic rings. The molecule has 0 bridgehead atoms. The average Bonchev–Trinajstić information content (AvgIpc) is 3.24. The van der Waals surface area contributed by atoms with Gasteiger partial charge < -0.3 is 4.40 Å². The lowest BCUT2D eigenvalue weighted by Gasteiger charge is -2.27. The van der Waals surface area contributed by atoms with E-state index in [1.807, 2.05) is 0 Å². The van der Waals surface area contributed by atoms with Gasteiger partial charge in [-0.15, -0.1) is 5.46 Å². The van der Waals surface area contributed by atoms with Crippen LogP contribution in [0.4, 0.5) is 0 Å². The van der Waals surface area contributed by atoms with Crippen LogP contribution < -0.4 is 54.6 Å². The minimum atomic E-state index is 0.0709. The molecule has 0 N–H and O–H groups in total. The van der Waals surface area contributed by atoms with Gasteiger partial charge in [-0.25, -0.2) is 0 Å². The van der Waals surface area contributed by atoms with Gasteiger partial charge in [0.1, 0.15) is 78.5 Å². The molecular weight excluding hydrogens is 386 g/mol. The molecule has 0 amide bonds. The number of hydrogen-bond acceptors (Lipinski definition) is 0. The van der Waals surface area contributed by atoms with Crippen molar-refractivity contribution in [2.75, 3.05) is 0 Å². The Morgan fingerprint density at radius 1 is 0.394 bits per heavy atom. The van der Waals surface area contributed by atoms with Crippen LogP contribution in [0.1, 0.15) is 26.3 Å². The van der Waals surface area contributed by atoms with E-state index in [-0.39, 0.29) is 5.41 Å². The molecule has 0 atom stereocenters. The summed E-state index contributed by atoms with van der Waals surface area (Å²) in [6.45, 7) is 7.14. The van der Waals surface area contributed by atoms with Crippen molar-refractivity contribution in [1.29, 1.82) is 0 Å². The van der Waals surface area contributed by atoms with Gasteiger partial charge in [0.25, 0.3) is 0 Å². The van der Waals surface area contributed by atoms with Crippen molar-refractivity contribution >= 4 is 171 Å². The predicted molar refractivity (Wildman–Crippen MR) is 182 cm³/mol. The van der Waals surface area contributed by atoms with E-state index >= 15 is 0 Å². The fourth-order valence-electron chi connectivity index (χ4n) is 6.79. The zero-order chi connectivity index (χ0) is 24.5. The molecule has 0 spiro atoms. The minimum absolute atomic E-state index is 0.0709. The third-order valence-corrected chi connectivity index (χ3v) is 9.27. The molecule has 2 aromatic heterocycles. The summed E-state index contributed by atoms with van der Waals surface area (Å²) < 4.78 is 2.67. The Balaban J connectivity index is 2.36. The molecule has 5 rings (SSSR count). The van der Waals surface area contributed by atoms with Gasteiger partial charge >= 0.3 is 0 Å². The molecule has 0 radical (unpaired) electrons. The topological polar surface area (TPSA) is 4.41 Å². The molecule has 0 aliphatic carbocycles. The second-order valence-electron chi connectivity index (χ2n) is 11.8. The van der Waals surface area contributed by atoms with Gasteiger partial charge in [-0.3, -0.25) is 0 Å². The third-order valence-electron chi connectivity index (χ3n) is 9.27. The number of nitrogens with zero attached hydrogens (tertiary/aromatic N) is 1. The quantitative estimate of drug-likeness (QED) is 0.221. The van der Waals surface area contributed by atoms with Crippen LogP contribution in [-0.2, 0) is 5.41 Å². The first-order chi connectivity index (χ1) is 15.2. The van der Waals surface area contributed by atoms with Crippen LogP contribution in [0.15, 0.2) is 0 Å². The number of hydrogen-bond donors (Lipinski definition) is 0. The van der Waals surface area contributed by atoms with Crippen molar-refractivity contribution in [3.63, 3.8) is 0 Å². The minimum Gasteiger partial charge on any atom is -0.309 e. The van der Waals surface area contributed by atoms with Crippen LogP contribution in [-0.4, -0.2) is 82.9 Å². The zero-order valence-electron chi connectivity index (χ0n) is 22.9. The lowest BCUT2D eigenvalue weighted by molar-refractivity contribution is 0.600. The Morgan fingerprint density at radius 3 is 1.21 bits per heavy atom. The van der Waals surface area contributed by atoms with E-state index in [0.717, 1.165) is 0 Å². The third kappa shape index (κ3) is 2.58. The molecule has 0 saturated carbocycles. The lowest BCUT2D eigenvalue weighted by Crippen LogP contribution is -2.48. The van der Waals surface area contributed by atoms with Gasteiger partial charge in [0.05, 0.1) is 5.52 Å². The van der Waals surface area contributed by atoms with Gasteiger partial charge in [0, 0.05) is 27.2 Å². The highest BCUT2D eigenvalue weighted by atomic mass is 14.9. The Labute approximate surface area is 207 Å². The molecular formula is C22H29B10N. The van der Waals surface area contributed by atoms with Crippen molar-refractivity contribution in [2.24, 2.45) is 0 Å². The molecule has 2 heterocycles. The van der Waals surface area contributed by atoms with E-state index in [4.69, 9.17) is 0 Å². The highest BCUT2D eigenvalue weighted by Crippen LogP contribution is 2.38. The normalized spacial score (nSPS) is 12.7. The van der Waals surface area contributed by atoms with E-state index in [2.05, 4.69) is 104 Å². The van der Waals surface area contributed by atoms with Crippen LogP contribution in [0.2, 0.25) is 0 Å². The summed E-state index contributed by atoms with van der Waals surface area (Å²) in [5, 5.41) is 5.90. The Kier molecular flexibility index (Phi) is 4.74. The van der Waals surface area contributed by atoms with Crippen molar-refractivity contribution in [2.45, 2.75) is 26.2 Å². The highest BCUT2D eigenvalue weighted by Gasteiger charge is 2.30. The highest BCUT2D eigenvalue weighted by molar-refractivity contribution is 6.71. The van der Waals surface area contributed by atoms with Crippen molar-refractivity contribution < 1.29 is 0 Å². The van der Waals surface area contributed by atoms with Crippen molar-refractivity contribution in [1.82, 2.24) is 4.40 Å². The maximum Gasteiger partial charge on any atom is 0.141 e. The predicted octanol–water partition coefficient (Wildman–Crippen LogP) is -11.3. The summed E-state index contributed by atoms with van der Waals surface area (Å²) in [5.74, 6) is 0. The Morgan fingerprint density at radius 2 is 0.727 bits per heavy atom. The number of rotatable bonds is 0. The number of fused-ring (bicyclic) bond motifs is 6. The summed E-state index contributed by atoms with van der Waals surface area (Å²) in [4.78, 5) is 0. The van der Waals surface area contributed by atoms with Gasteiger partial charge in [-0.1, -0.05) is 69.9 Å². The summed E-state index contributed by atoms with van der Waals surface area (Å²) in [6.07, 6.45) is 0. The molecule has 0 unspecified atom stereocenters. The van der Waals surface area contributed by atoms with E-state index in [1.54, 1.807) is 0 Å². The van der Waals surface area contributed by atoms with Gasteiger partial charge in [-0.05, 0) is 16.4 Å². The summed E-state index contributed by atoms with van der Waals surface area (Å²) in [7, 11) is 23.3. The smallest absolute Gasteiger partial charge is 0.141 e. The summed E-state index contributed by atoms with van der Waals surface area (Å²) in [5.41, 5.74) is 20.3. The SMILES string of the molecule is Bc1c(B)c(B)c2c(c1B)c1c(B)c(B)c(B)c3c4c(C(C)(C)C)c(B)c(B)c(B)c4n2c13. The molecule has 1 nitrogen and oxygen atoms in total. The van der Waals surface area contributed by atoms with Crippen LogP contribution >= 0.6 is 0 Å².